The van der Waals surface area contributed by atoms with Gasteiger partial charge in [-0.2, -0.15) is 0 Å². The first-order chi connectivity index (χ1) is 6.63. The molecule has 0 spiro atoms. The van der Waals surface area contributed by atoms with Gasteiger partial charge in [0.25, 0.3) is 0 Å². The molecule has 0 fully saturated rings. The second-order valence-corrected chi connectivity index (χ2v) is 3.05. The van der Waals surface area contributed by atoms with Crippen molar-refractivity contribution in [1.82, 2.24) is 4.84 Å². The smallest absolute Gasteiger partial charge is 0.322 e. The van der Waals surface area contributed by atoms with E-state index in [-0.39, 0.29) is 12.2 Å². The summed E-state index contributed by atoms with van der Waals surface area (Å²) in [5.41, 5.74) is 0.715. The Bertz CT molecular complexity index is 315. The number of hydrogen-bond acceptors (Lipinski definition) is 2. The number of benzene rings is 1. The highest BCUT2D eigenvalue weighted by molar-refractivity contribution is 6.14. The number of carboxylic acids is 1. The third kappa shape index (κ3) is 2.97. The van der Waals surface area contributed by atoms with Gasteiger partial charge in [0.15, 0.2) is 0 Å². The molecule has 1 aromatic rings. The van der Waals surface area contributed by atoms with Crippen LogP contribution in [0.4, 0.5) is 4.39 Å². The summed E-state index contributed by atoms with van der Waals surface area (Å²) in [4.78, 5) is 12.7. The van der Waals surface area contributed by atoms with Crippen LogP contribution in [-0.4, -0.2) is 17.1 Å². The minimum absolute atomic E-state index is 0.221. The predicted octanol–water partition coefficient (Wildman–Crippen LogP) is 1.56. The van der Waals surface area contributed by atoms with E-state index in [1.54, 1.807) is 0 Å². The van der Waals surface area contributed by atoms with Crippen LogP contribution in [-0.2, 0) is 11.2 Å². The number of aliphatic carboxylic acids is 1. The number of nitrogens with one attached hydrogen (secondary N) is 1. The van der Waals surface area contributed by atoms with Crippen LogP contribution in [0.15, 0.2) is 24.3 Å². The molecule has 1 rings (SSSR count). The van der Waals surface area contributed by atoms with Crippen molar-refractivity contribution < 1.29 is 14.3 Å². The van der Waals surface area contributed by atoms with Crippen molar-refractivity contribution in [3.63, 3.8) is 0 Å². The van der Waals surface area contributed by atoms with Gasteiger partial charge in [-0.15, -0.1) is 0 Å². The van der Waals surface area contributed by atoms with Gasteiger partial charge in [0.2, 0.25) is 0 Å². The summed E-state index contributed by atoms with van der Waals surface area (Å²) in [6.07, 6.45) is 0.221. The summed E-state index contributed by atoms with van der Waals surface area (Å²) in [6, 6.07) is 4.76. The molecule has 0 aliphatic rings. The van der Waals surface area contributed by atoms with Gasteiger partial charge in [-0.05, 0) is 35.9 Å². The van der Waals surface area contributed by atoms with Crippen molar-refractivity contribution in [1.29, 1.82) is 0 Å². The van der Waals surface area contributed by atoms with Crippen molar-refractivity contribution in [2.24, 2.45) is 0 Å². The number of rotatable bonds is 4. The van der Waals surface area contributed by atoms with Gasteiger partial charge in [0.1, 0.15) is 11.9 Å². The Morgan fingerprint density at radius 2 is 2.07 bits per heavy atom. The summed E-state index contributed by atoms with van der Waals surface area (Å²) in [5, 5.41) is 8.67. The molecule has 0 unspecified atom stereocenters. The Morgan fingerprint density at radius 1 is 1.50 bits per heavy atom. The minimum atomic E-state index is -1.04. The number of hydrogen-bond donors (Lipinski definition) is 2. The van der Waals surface area contributed by atoms with E-state index < -0.39 is 12.0 Å². The molecule has 1 atom stereocenters. The number of carbonyl (C=O) groups is 1. The molecule has 2 N–H and O–H groups in total. The van der Waals surface area contributed by atoms with Crippen LogP contribution >= 0.6 is 11.8 Å². The van der Waals surface area contributed by atoms with Gasteiger partial charge in [0.05, 0.1) is 0 Å². The fourth-order valence-electron chi connectivity index (χ4n) is 1.03. The molecule has 14 heavy (non-hydrogen) atoms. The fourth-order valence-corrected chi connectivity index (χ4v) is 1.20. The second kappa shape index (κ2) is 4.93. The van der Waals surface area contributed by atoms with E-state index in [0.29, 0.717) is 5.56 Å². The molecule has 1 aromatic carbocycles. The average molecular weight is 218 g/mol. The molecule has 0 aliphatic heterocycles. The summed E-state index contributed by atoms with van der Waals surface area (Å²) >= 11 is 5.24. The molecule has 0 heterocycles. The van der Waals surface area contributed by atoms with E-state index in [1.165, 1.54) is 24.3 Å². The Morgan fingerprint density at radius 3 is 2.50 bits per heavy atom. The van der Waals surface area contributed by atoms with Gasteiger partial charge in [-0.25, -0.2) is 9.23 Å². The molecule has 0 saturated heterocycles. The van der Waals surface area contributed by atoms with Crippen LogP contribution in [0.3, 0.4) is 0 Å². The minimum Gasteiger partial charge on any atom is -0.480 e. The molecule has 3 nitrogen and oxygen atoms in total. The molecule has 0 aliphatic carbocycles. The lowest BCUT2D eigenvalue weighted by Gasteiger charge is -2.08. The maximum absolute atomic E-state index is 12.5. The Balaban J connectivity index is 2.67. The van der Waals surface area contributed by atoms with Gasteiger partial charge >= 0.3 is 5.97 Å². The third-order valence-corrected chi connectivity index (χ3v) is 2.05. The summed E-state index contributed by atoms with van der Waals surface area (Å²) in [6.45, 7) is 0. The van der Waals surface area contributed by atoms with Crippen molar-refractivity contribution in [2.75, 3.05) is 0 Å². The number of carboxylic acid groups (broad SMARTS) is 1. The molecule has 0 radical (unpaired) electrons. The van der Waals surface area contributed by atoms with E-state index in [0.717, 1.165) is 0 Å². The van der Waals surface area contributed by atoms with Crippen LogP contribution < -0.4 is 4.84 Å². The first-order valence-electron chi connectivity index (χ1n) is 3.97. The molecular formula is C9H9ClFNO2. The largest absolute Gasteiger partial charge is 0.480 e. The summed E-state index contributed by atoms with van der Waals surface area (Å²) in [7, 11) is 0. The molecule has 0 saturated carbocycles. The zero-order chi connectivity index (χ0) is 10.6. The summed E-state index contributed by atoms with van der Waals surface area (Å²) < 4.78 is 12.5. The first kappa shape index (κ1) is 10.9. The quantitative estimate of drug-likeness (QED) is 0.753. The molecular weight excluding hydrogens is 209 g/mol. The highest BCUT2D eigenvalue weighted by Gasteiger charge is 2.15. The molecule has 0 aromatic heterocycles. The second-order valence-electron chi connectivity index (χ2n) is 2.83. The normalized spacial score (nSPS) is 12.4. The molecule has 76 valence electrons. The van der Waals surface area contributed by atoms with Gasteiger partial charge < -0.3 is 5.11 Å². The monoisotopic (exact) mass is 217 g/mol. The number of halogens is 2. The van der Waals surface area contributed by atoms with Crippen molar-refractivity contribution in [3.05, 3.63) is 35.6 Å². The fraction of sp³-hybridized carbons (Fsp3) is 0.222. The first-order valence-corrected chi connectivity index (χ1v) is 4.34. The highest BCUT2D eigenvalue weighted by Crippen LogP contribution is 2.06. The average Bonchev–Trinajstić information content (AvgIpc) is 2.16. The van der Waals surface area contributed by atoms with Crippen molar-refractivity contribution >= 4 is 17.7 Å². The lowest BCUT2D eigenvalue weighted by molar-refractivity contribution is -0.138. The molecule has 0 amide bonds. The zero-order valence-electron chi connectivity index (χ0n) is 7.21. The van der Waals surface area contributed by atoms with Gasteiger partial charge in [0, 0.05) is 0 Å². The maximum Gasteiger partial charge on any atom is 0.322 e. The lowest BCUT2D eigenvalue weighted by Crippen LogP contribution is -2.32. The van der Waals surface area contributed by atoms with Crippen LogP contribution in [0.2, 0.25) is 0 Å². The van der Waals surface area contributed by atoms with E-state index in [9.17, 15) is 9.18 Å². The van der Waals surface area contributed by atoms with Crippen LogP contribution in [0.1, 0.15) is 5.56 Å². The molecule has 5 heteroatoms. The van der Waals surface area contributed by atoms with Crippen LogP contribution in [0.5, 0.6) is 0 Å². The zero-order valence-corrected chi connectivity index (χ0v) is 7.96. The van der Waals surface area contributed by atoms with E-state index in [1.807, 2.05) is 0 Å². The van der Waals surface area contributed by atoms with Crippen LogP contribution in [0.25, 0.3) is 0 Å². The SMILES string of the molecule is O=C(O)[C@H](Cc1ccc(F)cc1)NCl. The van der Waals surface area contributed by atoms with E-state index >= 15 is 0 Å². The Labute approximate surface area is 85.6 Å². The Kier molecular flexibility index (Phi) is 3.85. The van der Waals surface area contributed by atoms with Crippen molar-refractivity contribution in [2.45, 2.75) is 12.5 Å². The standard InChI is InChI=1S/C9H9ClFNO2/c10-12-8(9(13)14)5-6-1-3-7(11)4-2-6/h1-4,8,12H,5H2,(H,13,14)/t8-/m0/s1. The summed E-state index contributed by atoms with van der Waals surface area (Å²) in [5.74, 6) is -1.39. The highest BCUT2D eigenvalue weighted by atomic mass is 35.5. The van der Waals surface area contributed by atoms with Crippen molar-refractivity contribution in [3.8, 4) is 0 Å². The van der Waals surface area contributed by atoms with E-state index in [2.05, 4.69) is 4.84 Å². The van der Waals surface area contributed by atoms with Gasteiger partial charge in [-0.1, -0.05) is 12.1 Å². The predicted molar refractivity (Wildman–Crippen MR) is 50.5 cm³/mol. The third-order valence-electron chi connectivity index (χ3n) is 1.78. The maximum atomic E-state index is 12.5. The van der Waals surface area contributed by atoms with Crippen LogP contribution in [0, 0.1) is 5.82 Å². The van der Waals surface area contributed by atoms with E-state index in [4.69, 9.17) is 16.9 Å². The molecule has 0 bridgehead atoms. The topological polar surface area (TPSA) is 49.3 Å². The van der Waals surface area contributed by atoms with Gasteiger partial charge in [-0.3, -0.25) is 4.79 Å². The lowest BCUT2D eigenvalue weighted by atomic mass is 10.1. The Hall–Kier alpha value is -1.13.